The van der Waals surface area contributed by atoms with Crippen molar-refractivity contribution in [1.29, 1.82) is 0 Å². The summed E-state index contributed by atoms with van der Waals surface area (Å²) in [4.78, 5) is 16.5. The number of carbonyl (C=O) groups is 1. The van der Waals surface area contributed by atoms with Crippen molar-refractivity contribution in [1.82, 2.24) is 9.55 Å². The molecule has 2 aromatic carbocycles. The van der Waals surface area contributed by atoms with E-state index in [-0.39, 0.29) is 24.0 Å². The van der Waals surface area contributed by atoms with Crippen molar-refractivity contribution < 1.29 is 13.6 Å². The molecule has 0 fully saturated rings. The Labute approximate surface area is 137 Å². The number of imidazole rings is 1. The Morgan fingerprint density at radius 3 is 2.58 bits per heavy atom. The fraction of sp³-hybridized carbons (Fsp3) is 0.111. The quantitative estimate of drug-likeness (QED) is 0.796. The molecule has 1 heterocycles. The number of benzene rings is 2. The Morgan fingerprint density at radius 2 is 1.88 bits per heavy atom. The van der Waals surface area contributed by atoms with E-state index in [0.29, 0.717) is 22.6 Å². The summed E-state index contributed by atoms with van der Waals surface area (Å²) in [5, 5.41) is 2.79. The summed E-state index contributed by atoms with van der Waals surface area (Å²) in [7, 11) is 1.75. The molecular weight excluding hydrogens is 312 g/mol. The maximum atomic E-state index is 13.2. The highest BCUT2D eigenvalue weighted by atomic mass is 19.1. The third-order valence-electron chi connectivity index (χ3n) is 3.57. The second kappa shape index (κ2) is 6.62. The van der Waals surface area contributed by atoms with Gasteiger partial charge in [0.15, 0.2) is 0 Å². The molecule has 0 spiro atoms. The Hall–Kier alpha value is -3.02. The molecule has 0 aliphatic carbocycles. The summed E-state index contributed by atoms with van der Waals surface area (Å²) >= 11 is 0. The second-order valence-corrected chi connectivity index (χ2v) is 5.41. The number of rotatable bonds is 4. The summed E-state index contributed by atoms with van der Waals surface area (Å²) in [6.45, 7) is 0. The highest BCUT2D eigenvalue weighted by molar-refractivity contribution is 5.94. The molecule has 122 valence electrons. The lowest BCUT2D eigenvalue weighted by Crippen LogP contribution is -2.17. The molecule has 6 heteroatoms. The lowest BCUT2D eigenvalue weighted by atomic mass is 10.1. The molecule has 1 amide bonds. The van der Waals surface area contributed by atoms with E-state index >= 15 is 0 Å². The average Bonchev–Trinajstić information content (AvgIpc) is 2.89. The standard InChI is InChI=1S/C18H15F2N3O/c1-23-11-21-17(13-5-7-14(19)8-6-13)18(23)22-16(24)10-12-3-2-4-15(20)9-12/h2-9,11H,10H2,1H3,(H,22,24). The molecule has 0 saturated carbocycles. The van der Waals surface area contributed by atoms with Crippen LogP contribution in [0.5, 0.6) is 0 Å². The maximum absolute atomic E-state index is 13.2. The first kappa shape index (κ1) is 15.9. The van der Waals surface area contributed by atoms with E-state index < -0.39 is 0 Å². The normalized spacial score (nSPS) is 10.6. The van der Waals surface area contributed by atoms with Crippen LogP contribution >= 0.6 is 0 Å². The van der Waals surface area contributed by atoms with Crippen molar-refractivity contribution >= 4 is 11.7 Å². The van der Waals surface area contributed by atoms with E-state index in [2.05, 4.69) is 10.3 Å². The highest BCUT2D eigenvalue weighted by Crippen LogP contribution is 2.26. The first-order valence-electron chi connectivity index (χ1n) is 7.34. The summed E-state index contributed by atoms with van der Waals surface area (Å²) in [5.41, 5.74) is 1.82. The number of hydrogen-bond donors (Lipinski definition) is 1. The fourth-order valence-electron chi connectivity index (χ4n) is 2.41. The van der Waals surface area contributed by atoms with Crippen LogP contribution in [-0.2, 0) is 18.3 Å². The van der Waals surface area contributed by atoms with Gasteiger partial charge in [-0.1, -0.05) is 12.1 Å². The predicted octanol–water partition coefficient (Wildman–Crippen LogP) is 3.55. The maximum Gasteiger partial charge on any atom is 0.229 e. The zero-order valence-corrected chi connectivity index (χ0v) is 13.0. The number of anilines is 1. The van der Waals surface area contributed by atoms with Gasteiger partial charge in [0.05, 0.1) is 12.7 Å². The van der Waals surface area contributed by atoms with Crippen molar-refractivity contribution in [3.05, 3.63) is 72.1 Å². The van der Waals surface area contributed by atoms with Gasteiger partial charge in [0.1, 0.15) is 23.1 Å². The van der Waals surface area contributed by atoms with Crippen LogP contribution in [-0.4, -0.2) is 15.5 Å². The third-order valence-corrected chi connectivity index (χ3v) is 3.57. The Morgan fingerprint density at radius 1 is 1.12 bits per heavy atom. The summed E-state index contributed by atoms with van der Waals surface area (Å²) in [6, 6.07) is 11.8. The van der Waals surface area contributed by atoms with Crippen molar-refractivity contribution in [3.63, 3.8) is 0 Å². The van der Waals surface area contributed by atoms with E-state index in [1.165, 1.54) is 24.3 Å². The molecule has 4 nitrogen and oxygen atoms in total. The summed E-state index contributed by atoms with van der Waals surface area (Å²) in [6.07, 6.45) is 1.61. The van der Waals surface area contributed by atoms with Crippen molar-refractivity contribution in [3.8, 4) is 11.3 Å². The fourth-order valence-corrected chi connectivity index (χ4v) is 2.41. The number of hydrogen-bond acceptors (Lipinski definition) is 2. The molecule has 0 atom stereocenters. The molecule has 3 rings (SSSR count). The van der Waals surface area contributed by atoms with Gasteiger partial charge >= 0.3 is 0 Å². The number of aryl methyl sites for hydroxylation is 1. The summed E-state index contributed by atoms with van der Waals surface area (Å²) in [5.74, 6) is -0.505. The van der Waals surface area contributed by atoms with Crippen LogP contribution in [0.1, 0.15) is 5.56 Å². The van der Waals surface area contributed by atoms with E-state index in [1.54, 1.807) is 42.2 Å². The van der Waals surface area contributed by atoms with Crippen LogP contribution in [0, 0.1) is 11.6 Å². The highest BCUT2D eigenvalue weighted by Gasteiger charge is 2.14. The lowest BCUT2D eigenvalue weighted by Gasteiger charge is -2.09. The number of amides is 1. The largest absolute Gasteiger partial charge is 0.320 e. The molecule has 1 N–H and O–H groups in total. The van der Waals surface area contributed by atoms with Crippen LogP contribution in [0.25, 0.3) is 11.3 Å². The van der Waals surface area contributed by atoms with Crippen LogP contribution in [0.3, 0.4) is 0 Å². The molecule has 0 saturated heterocycles. The monoisotopic (exact) mass is 327 g/mol. The molecular formula is C18H15F2N3O. The Balaban J connectivity index is 1.81. The van der Waals surface area contributed by atoms with E-state index in [9.17, 15) is 13.6 Å². The summed E-state index contributed by atoms with van der Waals surface area (Å²) < 4.78 is 27.9. The van der Waals surface area contributed by atoms with Crippen LogP contribution in [0.4, 0.5) is 14.6 Å². The van der Waals surface area contributed by atoms with Gasteiger partial charge in [-0.2, -0.15) is 0 Å². The minimum absolute atomic E-state index is 0.0474. The van der Waals surface area contributed by atoms with Gasteiger partial charge in [0.2, 0.25) is 5.91 Å². The number of nitrogens with one attached hydrogen (secondary N) is 1. The van der Waals surface area contributed by atoms with Gasteiger partial charge in [0.25, 0.3) is 0 Å². The van der Waals surface area contributed by atoms with Gasteiger partial charge in [-0.05, 0) is 42.0 Å². The van der Waals surface area contributed by atoms with Gasteiger partial charge in [-0.3, -0.25) is 4.79 Å². The van der Waals surface area contributed by atoms with Gasteiger partial charge in [-0.15, -0.1) is 0 Å². The lowest BCUT2D eigenvalue weighted by molar-refractivity contribution is -0.115. The number of aromatic nitrogens is 2. The molecule has 0 radical (unpaired) electrons. The molecule has 0 aliphatic heterocycles. The molecule has 1 aromatic heterocycles. The number of carbonyl (C=O) groups excluding carboxylic acids is 1. The zero-order valence-electron chi connectivity index (χ0n) is 13.0. The van der Waals surface area contributed by atoms with E-state index in [0.717, 1.165) is 0 Å². The topological polar surface area (TPSA) is 46.9 Å². The first-order valence-corrected chi connectivity index (χ1v) is 7.34. The van der Waals surface area contributed by atoms with Gasteiger partial charge < -0.3 is 9.88 Å². The third kappa shape index (κ3) is 3.48. The van der Waals surface area contributed by atoms with Crippen molar-refractivity contribution in [2.24, 2.45) is 7.05 Å². The Bertz CT molecular complexity index is 872. The van der Waals surface area contributed by atoms with Crippen LogP contribution in [0.2, 0.25) is 0 Å². The smallest absolute Gasteiger partial charge is 0.229 e. The van der Waals surface area contributed by atoms with Gasteiger partial charge in [-0.25, -0.2) is 13.8 Å². The number of nitrogens with zero attached hydrogens (tertiary/aromatic N) is 2. The minimum atomic E-state index is -0.382. The molecule has 3 aromatic rings. The van der Waals surface area contributed by atoms with Gasteiger partial charge in [0, 0.05) is 12.6 Å². The zero-order chi connectivity index (χ0) is 17.1. The second-order valence-electron chi connectivity index (χ2n) is 5.41. The molecule has 0 bridgehead atoms. The predicted molar refractivity (Wildman–Crippen MR) is 87.3 cm³/mol. The first-order chi connectivity index (χ1) is 11.5. The molecule has 0 aliphatic rings. The SMILES string of the molecule is Cn1cnc(-c2ccc(F)cc2)c1NC(=O)Cc1cccc(F)c1. The minimum Gasteiger partial charge on any atom is -0.320 e. The van der Waals surface area contributed by atoms with Crippen molar-refractivity contribution in [2.45, 2.75) is 6.42 Å². The van der Waals surface area contributed by atoms with Crippen LogP contribution < -0.4 is 5.32 Å². The van der Waals surface area contributed by atoms with E-state index in [1.807, 2.05) is 0 Å². The van der Waals surface area contributed by atoms with Crippen LogP contribution in [0.15, 0.2) is 54.9 Å². The number of halogens is 2. The molecule has 0 unspecified atom stereocenters. The van der Waals surface area contributed by atoms with Crippen molar-refractivity contribution in [2.75, 3.05) is 5.32 Å². The Kier molecular flexibility index (Phi) is 4.37. The van der Waals surface area contributed by atoms with E-state index in [4.69, 9.17) is 0 Å². The average molecular weight is 327 g/mol. The molecule has 24 heavy (non-hydrogen) atoms.